The molecule has 0 saturated heterocycles. The average molecular weight is 318 g/mol. The molecule has 0 aliphatic carbocycles. The van der Waals surface area contributed by atoms with Crippen LogP contribution in [0.3, 0.4) is 0 Å². The maximum Gasteiger partial charge on any atom is 0.208 e. The quantitative estimate of drug-likeness (QED) is 0.729. The van der Waals surface area contributed by atoms with Crippen LogP contribution in [0.15, 0.2) is 70.5 Å². The molecule has 3 aromatic carbocycles. The van der Waals surface area contributed by atoms with Crippen LogP contribution in [0.25, 0.3) is 10.8 Å². The first-order valence-corrected chi connectivity index (χ1v) is 8.13. The Morgan fingerprint density at radius 2 is 1.57 bits per heavy atom. The van der Waals surface area contributed by atoms with Crippen molar-refractivity contribution >= 4 is 37.9 Å². The molecule has 0 aromatic heterocycles. The van der Waals surface area contributed by atoms with Gasteiger partial charge in [0.15, 0.2) is 0 Å². The van der Waals surface area contributed by atoms with E-state index in [1.807, 2.05) is 24.3 Å². The van der Waals surface area contributed by atoms with E-state index in [2.05, 4.69) is 0 Å². The van der Waals surface area contributed by atoms with Gasteiger partial charge in [-0.3, -0.25) is 0 Å². The molecule has 0 aliphatic heterocycles. The van der Waals surface area contributed by atoms with Gasteiger partial charge in [-0.15, -0.1) is 0 Å². The van der Waals surface area contributed by atoms with E-state index in [9.17, 15) is 8.42 Å². The van der Waals surface area contributed by atoms with Gasteiger partial charge in [-0.1, -0.05) is 41.9 Å². The highest BCUT2D eigenvalue weighted by atomic mass is 35.5. The standard InChI is InChI=1S/C16H12ClNO2S/c17-15-10-13(18)6-8-16(15)21(19,20)14-7-5-11-3-1-2-4-12(11)9-14/h1-10H,18H2. The third-order valence-electron chi connectivity index (χ3n) is 3.28. The van der Waals surface area contributed by atoms with Crippen LogP contribution < -0.4 is 5.73 Å². The summed E-state index contributed by atoms with van der Waals surface area (Å²) in [4.78, 5) is 0.279. The second-order valence-corrected chi connectivity index (χ2v) is 7.03. The molecule has 21 heavy (non-hydrogen) atoms. The van der Waals surface area contributed by atoms with E-state index in [-0.39, 0.29) is 14.8 Å². The van der Waals surface area contributed by atoms with Gasteiger partial charge in [-0.25, -0.2) is 8.42 Å². The number of sulfone groups is 1. The van der Waals surface area contributed by atoms with Crippen molar-refractivity contribution in [2.45, 2.75) is 9.79 Å². The third kappa shape index (κ3) is 2.48. The second-order valence-electron chi connectivity index (χ2n) is 4.70. The fourth-order valence-electron chi connectivity index (χ4n) is 2.20. The molecule has 0 unspecified atom stereocenters. The lowest BCUT2D eigenvalue weighted by Gasteiger charge is -2.08. The zero-order valence-corrected chi connectivity index (χ0v) is 12.5. The number of halogens is 1. The molecule has 0 spiro atoms. The number of nitrogen functional groups attached to an aromatic ring is 1. The first-order chi connectivity index (χ1) is 9.98. The van der Waals surface area contributed by atoms with Crippen LogP contribution in [0, 0.1) is 0 Å². The highest BCUT2D eigenvalue weighted by Crippen LogP contribution is 2.30. The van der Waals surface area contributed by atoms with Gasteiger partial charge in [0.25, 0.3) is 0 Å². The smallest absolute Gasteiger partial charge is 0.208 e. The van der Waals surface area contributed by atoms with Crippen molar-refractivity contribution < 1.29 is 8.42 Å². The Morgan fingerprint density at radius 3 is 2.29 bits per heavy atom. The molecular weight excluding hydrogens is 306 g/mol. The van der Waals surface area contributed by atoms with Gasteiger partial charge in [0.2, 0.25) is 9.84 Å². The lowest BCUT2D eigenvalue weighted by Crippen LogP contribution is -2.03. The lowest BCUT2D eigenvalue weighted by molar-refractivity contribution is 0.596. The van der Waals surface area contributed by atoms with Crippen LogP contribution in [0.1, 0.15) is 0 Å². The number of anilines is 1. The summed E-state index contributed by atoms with van der Waals surface area (Å²) < 4.78 is 25.4. The van der Waals surface area contributed by atoms with Gasteiger partial charge in [-0.05, 0) is 41.1 Å². The van der Waals surface area contributed by atoms with Crippen LogP contribution >= 0.6 is 11.6 Å². The molecule has 3 nitrogen and oxygen atoms in total. The first-order valence-electron chi connectivity index (χ1n) is 6.27. The summed E-state index contributed by atoms with van der Waals surface area (Å²) in [5.41, 5.74) is 6.03. The van der Waals surface area contributed by atoms with E-state index in [1.165, 1.54) is 18.2 Å². The molecule has 106 valence electrons. The number of fused-ring (bicyclic) bond motifs is 1. The van der Waals surface area contributed by atoms with Gasteiger partial charge >= 0.3 is 0 Å². The Balaban J connectivity index is 2.20. The molecule has 0 bridgehead atoms. The molecule has 3 aromatic rings. The number of benzene rings is 3. The number of nitrogens with two attached hydrogens (primary N) is 1. The van der Waals surface area contributed by atoms with E-state index in [0.29, 0.717) is 5.69 Å². The van der Waals surface area contributed by atoms with Gasteiger partial charge in [-0.2, -0.15) is 0 Å². The second kappa shape index (κ2) is 5.06. The molecule has 0 radical (unpaired) electrons. The van der Waals surface area contributed by atoms with Gasteiger partial charge < -0.3 is 5.73 Å². The maximum atomic E-state index is 12.7. The SMILES string of the molecule is Nc1ccc(S(=O)(=O)c2ccc3ccccc3c2)c(Cl)c1. The Bertz CT molecular complexity index is 936. The van der Waals surface area contributed by atoms with Crippen LogP contribution in [0.4, 0.5) is 5.69 Å². The van der Waals surface area contributed by atoms with Gasteiger partial charge in [0.1, 0.15) is 0 Å². The first kappa shape index (κ1) is 13.9. The number of rotatable bonds is 2. The van der Waals surface area contributed by atoms with E-state index in [0.717, 1.165) is 10.8 Å². The van der Waals surface area contributed by atoms with Crippen molar-refractivity contribution in [2.75, 3.05) is 5.73 Å². The summed E-state index contributed by atoms with van der Waals surface area (Å²) in [6.45, 7) is 0. The van der Waals surface area contributed by atoms with Crippen LogP contribution in [-0.2, 0) is 9.84 Å². The zero-order chi connectivity index (χ0) is 15.0. The molecule has 0 atom stereocenters. The van der Waals surface area contributed by atoms with Crippen molar-refractivity contribution in [3.63, 3.8) is 0 Å². The highest BCUT2D eigenvalue weighted by molar-refractivity contribution is 7.91. The normalized spacial score (nSPS) is 11.7. The minimum atomic E-state index is -3.67. The molecule has 3 rings (SSSR count). The molecule has 0 saturated carbocycles. The summed E-state index contributed by atoms with van der Waals surface area (Å²) in [6, 6.07) is 17.0. The van der Waals surface area contributed by atoms with Crippen molar-refractivity contribution in [1.29, 1.82) is 0 Å². The van der Waals surface area contributed by atoms with E-state index in [1.54, 1.807) is 18.2 Å². The molecular formula is C16H12ClNO2S. The molecule has 5 heteroatoms. The fourth-order valence-corrected chi connectivity index (χ4v) is 4.04. The van der Waals surface area contributed by atoms with Crippen molar-refractivity contribution in [1.82, 2.24) is 0 Å². The highest BCUT2D eigenvalue weighted by Gasteiger charge is 2.21. The number of hydrogen-bond acceptors (Lipinski definition) is 3. The summed E-state index contributed by atoms with van der Waals surface area (Å²) in [5.74, 6) is 0. The summed E-state index contributed by atoms with van der Waals surface area (Å²) in [7, 11) is -3.67. The maximum absolute atomic E-state index is 12.7. The van der Waals surface area contributed by atoms with Crippen LogP contribution in [-0.4, -0.2) is 8.42 Å². The summed E-state index contributed by atoms with van der Waals surface area (Å²) in [5, 5.41) is 1.98. The van der Waals surface area contributed by atoms with E-state index in [4.69, 9.17) is 17.3 Å². The molecule has 2 N–H and O–H groups in total. The van der Waals surface area contributed by atoms with Crippen LogP contribution in [0.5, 0.6) is 0 Å². The Kier molecular flexibility index (Phi) is 3.35. The third-order valence-corrected chi connectivity index (χ3v) is 5.51. The fraction of sp³-hybridized carbons (Fsp3) is 0. The Labute approximate surface area is 127 Å². The van der Waals surface area contributed by atoms with Crippen molar-refractivity contribution in [3.05, 3.63) is 65.7 Å². The van der Waals surface area contributed by atoms with Crippen LogP contribution in [0.2, 0.25) is 5.02 Å². The molecule has 0 amide bonds. The number of hydrogen-bond donors (Lipinski definition) is 1. The topological polar surface area (TPSA) is 60.2 Å². The predicted molar refractivity (Wildman–Crippen MR) is 85.3 cm³/mol. The van der Waals surface area contributed by atoms with Crippen molar-refractivity contribution in [3.8, 4) is 0 Å². The average Bonchev–Trinajstić information content (AvgIpc) is 2.46. The summed E-state index contributed by atoms with van der Waals surface area (Å²) in [6.07, 6.45) is 0. The predicted octanol–water partition coefficient (Wildman–Crippen LogP) is 3.91. The lowest BCUT2D eigenvalue weighted by atomic mass is 10.1. The minimum Gasteiger partial charge on any atom is -0.399 e. The Morgan fingerprint density at radius 1 is 0.857 bits per heavy atom. The largest absolute Gasteiger partial charge is 0.399 e. The van der Waals surface area contributed by atoms with Crippen molar-refractivity contribution in [2.24, 2.45) is 0 Å². The molecule has 0 aliphatic rings. The monoisotopic (exact) mass is 317 g/mol. The summed E-state index contributed by atoms with van der Waals surface area (Å²) >= 11 is 6.02. The molecule has 0 heterocycles. The molecule has 0 fully saturated rings. The van der Waals surface area contributed by atoms with E-state index >= 15 is 0 Å². The van der Waals surface area contributed by atoms with E-state index < -0.39 is 9.84 Å². The minimum absolute atomic E-state index is 0.0636. The zero-order valence-electron chi connectivity index (χ0n) is 11.0. The van der Waals surface area contributed by atoms with Gasteiger partial charge in [0.05, 0.1) is 14.8 Å². The Hall–Kier alpha value is -2.04. The van der Waals surface area contributed by atoms with Gasteiger partial charge in [0, 0.05) is 5.69 Å².